The molecule has 0 aliphatic carbocycles. The minimum absolute atomic E-state index is 0.169. The van der Waals surface area contributed by atoms with E-state index in [4.69, 9.17) is 9.47 Å². The van der Waals surface area contributed by atoms with E-state index in [0.29, 0.717) is 27.7 Å². The predicted octanol–water partition coefficient (Wildman–Crippen LogP) is 3.05. The molecule has 1 aromatic heterocycles. The molecule has 0 aliphatic rings. The first-order chi connectivity index (χ1) is 12.6. The third kappa shape index (κ3) is 6.16. The minimum Gasteiger partial charge on any atom is -0.493 e. The maximum atomic E-state index is 11.8. The lowest BCUT2D eigenvalue weighted by Gasteiger charge is -2.12. The number of aromatic nitrogens is 2. The van der Waals surface area contributed by atoms with Crippen LogP contribution in [0.25, 0.3) is 0 Å². The van der Waals surface area contributed by atoms with Gasteiger partial charge in [-0.3, -0.25) is 4.79 Å². The van der Waals surface area contributed by atoms with Crippen LogP contribution in [0, 0.1) is 0 Å². The summed E-state index contributed by atoms with van der Waals surface area (Å²) in [6, 6.07) is 5.28. The van der Waals surface area contributed by atoms with Gasteiger partial charge >= 0.3 is 0 Å². The maximum absolute atomic E-state index is 11.8. The lowest BCUT2D eigenvalue weighted by molar-refractivity contribution is -0.118. The molecule has 0 saturated heterocycles. The van der Waals surface area contributed by atoms with Gasteiger partial charge in [0.2, 0.25) is 0 Å². The molecule has 0 unspecified atom stereocenters. The van der Waals surface area contributed by atoms with Gasteiger partial charge in [-0.25, -0.2) is 15.4 Å². The number of nitrogens with zero attached hydrogens (tertiary/aromatic N) is 3. The molecule has 0 atom stereocenters. The van der Waals surface area contributed by atoms with Crippen LogP contribution in [0.3, 0.4) is 0 Å². The summed E-state index contributed by atoms with van der Waals surface area (Å²) in [4.78, 5) is 19.9. The van der Waals surface area contributed by atoms with Crippen molar-refractivity contribution in [3.63, 3.8) is 0 Å². The van der Waals surface area contributed by atoms with Crippen LogP contribution in [-0.4, -0.2) is 41.6 Å². The van der Waals surface area contributed by atoms with Crippen molar-refractivity contribution < 1.29 is 14.3 Å². The topological polar surface area (TPSA) is 85.7 Å². The Labute approximate surface area is 164 Å². The second kappa shape index (κ2) is 10.6. The number of carbonyl (C=O) groups excluding carboxylic acids is 1. The number of thioether (sulfide) groups is 1. The Balaban J connectivity index is 1.93. The zero-order valence-corrected chi connectivity index (χ0v) is 16.4. The van der Waals surface area contributed by atoms with Crippen molar-refractivity contribution in [2.75, 3.05) is 19.5 Å². The SMILES string of the molecule is C=CCOc1c(Br)cc(/C=N/NC(=O)CSc2ncccn2)cc1OC. The van der Waals surface area contributed by atoms with Gasteiger partial charge in [0.15, 0.2) is 16.7 Å². The fraction of sp³-hybridized carbons (Fsp3) is 0.176. The Bertz CT molecular complexity index is 787. The Morgan fingerprint density at radius 1 is 1.42 bits per heavy atom. The molecule has 9 heteroatoms. The molecule has 1 amide bonds. The quantitative estimate of drug-likeness (QED) is 0.213. The number of halogens is 1. The highest BCUT2D eigenvalue weighted by Crippen LogP contribution is 2.36. The van der Waals surface area contributed by atoms with Gasteiger partial charge in [-0.15, -0.1) is 0 Å². The van der Waals surface area contributed by atoms with E-state index in [-0.39, 0.29) is 11.7 Å². The number of hydrazone groups is 1. The summed E-state index contributed by atoms with van der Waals surface area (Å²) in [5.41, 5.74) is 3.20. The molecule has 0 radical (unpaired) electrons. The predicted molar refractivity (Wildman–Crippen MR) is 105 cm³/mol. The highest BCUT2D eigenvalue weighted by Gasteiger charge is 2.10. The number of carbonyl (C=O) groups is 1. The molecule has 1 N–H and O–H groups in total. The van der Waals surface area contributed by atoms with Crippen LogP contribution in [0.5, 0.6) is 11.5 Å². The molecule has 1 heterocycles. The summed E-state index contributed by atoms with van der Waals surface area (Å²) < 4.78 is 11.6. The first-order valence-electron chi connectivity index (χ1n) is 7.47. The van der Waals surface area contributed by atoms with Gasteiger partial charge in [0.1, 0.15) is 6.61 Å². The monoisotopic (exact) mass is 436 g/mol. The summed E-state index contributed by atoms with van der Waals surface area (Å²) in [6.45, 7) is 3.98. The van der Waals surface area contributed by atoms with E-state index in [0.717, 1.165) is 5.56 Å². The van der Waals surface area contributed by atoms with Crippen molar-refractivity contribution >= 4 is 39.8 Å². The molecular formula is C17H17BrN4O3S. The summed E-state index contributed by atoms with van der Waals surface area (Å²) in [7, 11) is 1.55. The molecular weight excluding hydrogens is 420 g/mol. The molecule has 2 aromatic rings. The third-order valence-corrected chi connectivity index (χ3v) is 4.34. The Morgan fingerprint density at radius 2 is 2.19 bits per heavy atom. The highest BCUT2D eigenvalue weighted by molar-refractivity contribution is 9.10. The summed E-state index contributed by atoms with van der Waals surface area (Å²) in [5, 5.41) is 4.49. The molecule has 1 aromatic carbocycles. The average Bonchev–Trinajstić information content (AvgIpc) is 2.66. The minimum atomic E-state index is -0.254. The number of hydrogen-bond acceptors (Lipinski definition) is 7. The molecule has 0 bridgehead atoms. The van der Waals surface area contributed by atoms with Gasteiger partial charge in [0, 0.05) is 12.4 Å². The number of nitrogens with one attached hydrogen (secondary N) is 1. The van der Waals surface area contributed by atoms with Crippen molar-refractivity contribution in [2.24, 2.45) is 5.10 Å². The van der Waals surface area contributed by atoms with Gasteiger partial charge < -0.3 is 9.47 Å². The van der Waals surface area contributed by atoms with Gasteiger partial charge in [-0.05, 0) is 39.7 Å². The molecule has 26 heavy (non-hydrogen) atoms. The van der Waals surface area contributed by atoms with E-state index >= 15 is 0 Å². The van der Waals surface area contributed by atoms with E-state index < -0.39 is 0 Å². The third-order valence-electron chi connectivity index (χ3n) is 2.87. The second-order valence-electron chi connectivity index (χ2n) is 4.75. The molecule has 0 aliphatic heterocycles. The van der Waals surface area contributed by atoms with E-state index in [2.05, 4.69) is 43.0 Å². The van der Waals surface area contributed by atoms with Crippen LogP contribution in [-0.2, 0) is 4.79 Å². The highest BCUT2D eigenvalue weighted by atomic mass is 79.9. The molecule has 2 rings (SSSR count). The van der Waals surface area contributed by atoms with Crippen LogP contribution in [0.2, 0.25) is 0 Å². The number of methoxy groups -OCH3 is 1. The fourth-order valence-electron chi connectivity index (χ4n) is 1.80. The lowest BCUT2D eigenvalue weighted by Crippen LogP contribution is -2.19. The smallest absolute Gasteiger partial charge is 0.250 e. The summed E-state index contributed by atoms with van der Waals surface area (Å²) >= 11 is 4.67. The largest absolute Gasteiger partial charge is 0.493 e. The molecule has 0 saturated carbocycles. The number of hydrogen-bond donors (Lipinski definition) is 1. The summed E-state index contributed by atoms with van der Waals surface area (Å²) in [5.74, 6) is 1.04. The standard InChI is InChI=1S/C17H17BrN4O3S/c1-3-7-25-16-13(18)8-12(9-14(16)24-2)10-21-22-15(23)11-26-17-19-5-4-6-20-17/h3-6,8-10H,1,7,11H2,2H3,(H,22,23)/b21-10+. The number of amides is 1. The molecule has 0 fully saturated rings. The Morgan fingerprint density at radius 3 is 2.88 bits per heavy atom. The number of rotatable bonds is 9. The molecule has 0 spiro atoms. The van der Waals surface area contributed by atoms with Crippen molar-refractivity contribution in [1.82, 2.24) is 15.4 Å². The zero-order valence-electron chi connectivity index (χ0n) is 14.0. The van der Waals surface area contributed by atoms with Gasteiger partial charge in [-0.1, -0.05) is 24.4 Å². The lowest BCUT2D eigenvalue weighted by atomic mass is 10.2. The van der Waals surface area contributed by atoms with Crippen molar-refractivity contribution in [2.45, 2.75) is 5.16 Å². The van der Waals surface area contributed by atoms with Gasteiger partial charge in [0.05, 0.1) is 23.5 Å². The zero-order chi connectivity index (χ0) is 18.8. The Hall–Kier alpha value is -2.39. The number of ether oxygens (including phenoxy) is 2. The normalized spacial score (nSPS) is 10.5. The first kappa shape index (κ1) is 19.9. The van der Waals surface area contributed by atoms with E-state index in [1.807, 2.05) is 6.07 Å². The molecule has 7 nitrogen and oxygen atoms in total. The van der Waals surface area contributed by atoms with Crippen molar-refractivity contribution in [3.05, 3.63) is 53.3 Å². The average molecular weight is 437 g/mol. The maximum Gasteiger partial charge on any atom is 0.250 e. The number of benzene rings is 1. The van der Waals surface area contributed by atoms with E-state index in [1.54, 1.807) is 37.7 Å². The van der Waals surface area contributed by atoms with Crippen molar-refractivity contribution in [3.8, 4) is 11.5 Å². The van der Waals surface area contributed by atoms with Crippen LogP contribution >= 0.6 is 27.7 Å². The first-order valence-corrected chi connectivity index (χ1v) is 9.25. The van der Waals surface area contributed by atoms with Gasteiger partial charge in [0.25, 0.3) is 5.91 Å². The second-order valence-corrected chi connectivity index (χ2v) is 6.54. The fourth-order valence-corrected chi connectivity index (χ4v) is 2.97. The van der Waals surface area contributed by atoms with Crippen LogP contribution in [0.15, 0.2) is 58.0 Å². The summed E-state index contributed by atoms with van der Waals surface area (Å²) in [6.07, 6.45) is 6.42. The molecule has 136 valence electrons. The van der Waals surface area contributed by atoms with Crippen molar-refractivity contribution in [1.29, 1.82) is 0 Å². The van der Waals surface area contributed by atoms with E-state index in [9.17, 15) is 4.79 Å². The van der Waals surface area contributed by atoms with Crippen LogP contribution in [0.1, 0.15) is 5.56 Å². The van der Waals surface area contributed by atoms with E-state index in [1.165, 1.54) is 18.0 Å². The van der Waals surface area contributed by atoms with Gasteiger partial charge in [-0.2, -0.15) is 5.10 Å². The Kier molecular flexibility index (Phi) is 8.10. The van der Waals surface area contributed by atoms with Crippen LogP contribution < -0.4 is 14.9 Å². The van der Waals surface area contributed by atoms with Crippen LogP contribution in [0.4, 0.5) is 0 Å².